The van der Waals surface area contributed by atoms with Gasteiger partial charge in [-0.25, -0.2) is 0 Å². The van der Waals surface area contributed by atoms with E-state index >= 15 is 0 Å². The molecule has 2 rings (SSSR count). The molecule has 0 aromatic heterocycles. The van der Waals surface area contributed by atoms with Crippen LogP contribution in [0.15, 0.2) is 48.5 Å². The van der Waals surface area contributed by atoms with Gasteiger partial charge in [0.1, 0.15) is 0 Å². The zero-order valence-electron chi connectivity index (χ0n) is 13.0. The maximum Gasteiger partial charge on any atom is 0.0485 e. The number of hydrogen-bond donors (Lipinski definition) is 2. The van der Waals surface area contributed by atoms with Crippen LogP contribution in [-0.4, -0.2) is 11.7 Å². The zero-order valence-corrected chi connectivity index (χ0v) is 13.0. The molecular formula is C19H25NO. The Morgan fingerprint density at radius 2 is 1.48 bits per heavy atom. The first-order valence-electron chi connectivity index (χ1n) is 7.78. The number of anilines is 1. The van der Waals surface area contributed by atoms with Crippen molar-refractivity contribution in [2.24, 2.45) is 0 Å². The molecule has 1 atom stereocenters. The highest BCUT2D eigenvalue weighted by Gasteiger charge is 2.05. The van der Waals surface area contributed by atoms with E-state index in [0.717, 1.165) is 12.1 Å². The Kier molecular flexibility index (Phi) is 5.82. The average molecular weight is 283 g/mol. The van der Waals surface area contributed by atoms with Gasteiger partial charge in [0, 0.05) is 18.3 Å². The number of aryl methyl sites for hydroxylation is 1. The van der Waals surface area contributed by atoms with E-state index < -0.39 is 0 Å². The van der Waals surface area contributed by atoms with Crippen LogP contribution in [0.5, 0.6) is 0 Å². The van der Waals surface area contributed by atoms with Gasteiger partial charge in [-0.05, 0) is 48.6 Å². The van der Waals surface area contributed by atoms with Crippen LogP contribution in [0.4, 0.5) is 5.69 Å². The fourth-order valence-corrected chi connectivity index (χ4v) is 2.49. The van der Waals surface area contributed by atoms with Crippen molar-refractivity contribution < 1.29 is 5.11 Å². The van der Waals surface area contributed by atoms with Crippen molar-refractivity contribution >= 4 is 5.69 Å². The first kappa shape index (κ1) is 15.6. The normalized spacial score (nSPS) is 12.1. The molecule has 0 aliphatic rings. The van der Waals surface area contributed by atoms with Crippen molar-refractivity contribution in [3.05, 3.63) is 65.2 Å². The Hall–Kier alpha value is -1.80. The summed E-state index contributed by atoms with van der Waals surface area (Å²) in [5, 5.41) is 12.4. The molecule has 0 saturated heterocycles. The summed E-state index contributed by atoms with van der Waals surface area (Å²) in [7, 11) is 0. The maximum absolute atomic E-state index is 8.93. The van der Waals surface area contributed by atoms with Crippen LogP contribution >= 0.6 is 0 Å². The van der Waals surface area contributed by atoms with Crippen LogP contribution < -0.4 is 5.32 Å². The minimum Gasteiger partial charge on any atom is -0.396 e. The van der Waals surface area contributed by atoms with Crippen molar-refractivity contribution in [1.82, 2.24) is 0 Å². The Morgan fingerprint density at radius 3 is 2.05 bits per heavy atom. The van der Waals surface area contributed by atoms with Crippen LogP contribution in [0.25, 0.3) is 0 Å². The fourth-order valence-electron chi connectivity index (χ4n) is 2.49. The van der Waals surface area contributed by atoms with E-state index in [9.17, 15) is 0 Å². The Labute approximate surface area is 127 Å². The van der Waals surface area contributed by atoms with Gasteiger partial charge in [-0.2, -0.15) is 0 Å². The van der Waals surface area contributed by atoms with Crippen LogP contribution in [0.1, 0.15) is 43.0 Å². The molecule has 0 amide bonds. The van der Waals surface area contributed by atoms with Gasteiger partial charge in [0.2, 0.25) is 0 Å². The summed E-state index contributed by atoms with van der Waals surface area (Å²) < 4.78 is 0. The van der Waals surface area contributed by atoms with Gasteiger partial charge in [0.15, 0.2) is 0 Å². The molecule has 0 fully saturated rings. The van der Waals surface area contributed by atoms with Gasteiger partial charge in [-0.3, -0.25) is 0 Å². The van der Waals surface area contributed by atoms with Gasteiger partial charge >= 0.3 is 0 Å². The SMILES string of the molecule is CCCc1ccc(C(C)Nc2ccc(CCO)cc2)cc1. The van der Waals surface area contributed by atoms with Crippen LogP contribution in [0.3, 0.4) is 0 Å². The maximum atomic E-state index is 8.93. The van der Waals surface area contributed by atoms with Gasteiger partial charge in [0.05, 0.1) is 0 Å². The van der Waals surface area contributed by atoms with E-state index in [1.165, 1.54) is 23.1 Å². The van der Waals surface area contributed by atoms with Crippen LogP contribution in [0, 0.1) is 0 Å². The molecule has 2 nitrogen and oxygen atoms in total. The molecule has 0 heterocycles. The summed E-state index contributed by atoms with van der Waals surface area (Å²) in [4.78, 5) is 0. The second-order valence-electron chi connectivity index (χ2n) is 5.53. The highest BCUT2D eigenvalue weighted by molar-refractivity contribution is 5.46. The fraction of sp³-hybridized carbons (Fsp3) is 0.368. The Bertz CT molecular complexity index is 530. The number of rotatable bonds is 7. The van der Waals surface area contributed by atoms with Gasteiger partial charge < -0.3 is 10.4 Å². The predicted molar refractivity (Wildman–Crippen MR) is 89.7 cm³/mol. The molecule has 2 heteroatoms. The molecular weight excluding hydrogens is 258 g/mol. The van der Waals surface area contributed by atoms with Gasteiger partial charge in [-0.15, -0.1) is 0 Å². The summed E-state index contributed by atoms with van der Waals surface area (Å²) >= 11 is 0. The number of benzene rings is 2. The molecule has 2 N–H and O–H groups in total. The van der Waals surface area contributed by atoms with E-state index in [2.05, 4.69) is 67.7 Å². The van der Waals surface area contributed by atoms with E-state index in [-0.39, 0.29) is 12.6 Å². The molecule has 21 heavy (non-hydrogen) atoms. The van der Waals surface area contributed by atoms with Crippen molar-refractivity contribution in [2.45, 2.75) is 39.2 Å². The van der Waals surface area contributed by atoms with Crippen molar-refractivity contribution in [1.29, 1.82) is 0 Å². The second-order valence-corrected chi connectivity index (χ2v) is 5.53. The number of aliphatic hydroxyl groups is 1. The summed E-state index contributed by atoms with van der Waals surface area (Å²) in [5.41, 5.74) is 4.98. The zero-order chi connectivity index (χ0) is 15.1. The number of aliphatic hydroxyl groups excluding tert-OH is 1. The lowest BCUT2D eigenvalue weighted by Crippen LogP contribution is -2.06. The largest absolute Gasteiger partial charge is 0.396 e. The van der Waals surface area contributed by atoms with E-state index in [4.69, 9.17) is 5.11 Å². The van der Waals surface area contributed by atoms with Gasteiger partial charge in [-0.1, -0.05) is 49.7 Å². The molecule has 112 valence electrons. The lowest BCUT2D eigenvalue weighted by molar-refractivity contribution is 0.299. The van der Waals surface area contributed by atoms with Crippen LogP contribution in [0.2, 0.25) is 0 Å². The number of nitrogens with one attached hydrogen (secondary N) is 1. The molecule has 0 radical (unpaired) electrons. The molecule has 1 unspecified atom stereocenters. The summed E-state index contributed by atoms with van der Waals surface area (Å²) in [6.45, 7) is 4.59. The molecule has 2 aromatic rings. The van der Waals surface area contributed by atoms with Gasteiger partial charge in [0.25, 0.3) is 0 Å². The highest BCUT2D eigenvalue weighted by atomic mass is 16.2. The Balaban J connectivity index is 1.98. The summed E-state index contributed by atoms with van der Waals surface area (Å²) in [6.07, 6.45) is 3.05. The predicted octanol–water partition coefficient (Wildman–Crippen LogP) is 4.35. The molecule has 2 aromatic carbocycles. The second kappa shape index (κ2) is 7.84. The molecule has 0 spiro atoms. The van der Waals surface area contributed by atoms with E-state index in [1.807, 2.05) is 0 Å². The lowest BCUT2D eigenvalue weighted by atomic mass is 10.0. The Morgan fingerprint density at radius 1 is 0.905 bits per heavy atom. The average Bonchev–Trinajstić information content (AvgIpc) is 2.50. The topological polar surface area (TPSA) is 32.3 Å². The van der Waals surface area contributed by atoms with Crippen LogP contribution in [-0.2, 0) is 12.8 Å². The third kappa shape index (κ3) is 4.61. The van der Waals surface area contributed by atoms with Crippen molar-refractivity contribution in [3.8, 4) is 0 Å². The van der Waals surface area contributed by atoms with E-state index in [1.54, 1.807) is 0 Å². The highest BCUT2D eigenvalue weighted by Crippen LogP contribution is 2.20. The first-order valence-corrected chi connectivity index (χ1v) is 7.78. The minimum atomic E-state index is 0.202. The lowest BCUT2D eigenvalue weighted by Gasteiger charge is -2.16. The molecule has 0 aliphatic carbocycles. The third-order valence-corrected chi connectivity index (χ3v) is 3.76. The smallest absolute Gasteiger partial charge is 0.0485 e. The summed E-state index contributed by atoms with van der Waals surface area (Å²) in [6, 6.07) is 17.4. The standard InChI is InChI=1S/C19H25NO/c1-3-4-16-5-9-18(10-6-16)15(2)20-19-11-7-17(8-12-19)13-14-21/h5-12,15,20-21H,3-4,13-14H2,1-2H3. The minimum absolute atomic E-state index is 0.202. The number of hydrogen-bond acceptors (Lipinski definition) is 2. The molecule has 0 saturated carbocycles. The van der Waals surface area contributed by atoms with Crippen molar-refractivity contribution in [2.75, 3.05) is 11.9 Å². The quantitative estimate of drug-likeness (QED) is 0.792. The third-order valence-electron chi connectivity index (χ3n) is 3.76. The first-order chi connectivity index (χ1) is 10.2. The summed E-state index contributed by atoms with van der Waals surface area (Å²) in [5.74, 6) is 0. The molecule has 0 aliphatic heterocycles. The monoisotopic (exact) mass is 283 g/mol. The van der Waals surface area contributed by atoms with Crippen molar-refractivity contribution in [3.63, 3.8) is 0 Å². The van der Waals surface area contributed by atoms with E-state index in [0.29, 0.717) is 6.42 Å². The molecule has 0 bridgehead atoms.